The maximum Gasteiger partial charge on any atom is 0.322 e. The number of aliphatic hydroxyl groups excluding tert-OH is 1. The summed E-state index contributed by atoms with van der Waals surface area (Å²) in [6.45, 7) is 1.84. The fraction of sp³-hybridized carbons (Fsp3) is 0.353. The number of hydrogen-bond acceptors (Lipinski definition) is 5. The number of amides is 2. The molecule has 3 N–H and O–H groups in total. The molecule has 1 aromatic carbocycles. The number of anilines is 2. The lowest BCUT2D eigenvalue weighted by molar-refractivity contribution is 0.144. The van der Waals surface area contributed by atoms with E-state index in [-0.39, 0.29) is 5.95 Å². The number of fused-ring (bicyclic) bond motifs is 1. The average molecular weight is 327 g/mol. The molecule has 0 saturated carbocycles. The van der Waals surface area contributed by atoms with Gasteiger partial charge in [-0.3, -0.25) is 5.32 Å². The van der Waals surface area contributed by atoms with Gasteiger partial charge in [0.1, 0.15) is 5.82 Å². The van der Waals surface area contributed by atoms with Crippen molar-refractivity contribution >= 4 is 17.8 Å². The minimum atomic E-state index is -0.635. The van der Waals surface area contributed by atoms with Gasteiger partial charge >= 0.3 is 6.03 Å². The largest absolute Gasteiger partial charge is 0.390 e. The first-order chi connectivity index (χ1) is 11.4. The van der Waals surface area contributed by atoms with Crippen LogP contribution in [0.3, 0.4) is 0 Å². The quantitative estimate of drug-likeness (QED) is 0.797. The second-order valence-electron chi connectivity index (χ2n) is 6.13. The first-order valence-electron chi connectivity index (χ1n) is 7.80. The van der Waals surface area contributed by atoms with Crippen molar-refractivity contribution < 1.29 is 9.90 Å². The van der Waals surface area contributed by atoms with Gasteiger partial charge in [0, 0.05) is 32.3 Å². The van der Waals surface area contributed by atoms with Crippen LogP contribution in [0.2, 0.25) is 0 Å². The molecular weight excluding hydrogens is 306 g/mol. The van der Waals surface area contributed by atoms with Crippen molar-refractivity contribution in [3.63, 3.8) is 0 Å². The summed E-state index contributed by atoms with van der Waals surface area (Å²) in [6.07, 6.45) is -0.101. The lowest BCUT2D eigenvalue weighted by Gasteiger charge is -2.18. The van der Waals surface area contributed by atoms with Gasteiger partial charge in [0.2, 0.25) is 5.95 Å². The van der Waals surface area contributed by atoms with Crippen LogP contribution in [0.5, 0.6) is 0 Å². The van der Waals surface area contributed by atoms with Crippen molar-refractivity contribution in [2.24, 2.45) is 0 Å². The van der Waals surface area contributed by atoms with Crippen LogP contribution in [-0.4, -0.2) is 41.3 Å². The fourth-order valence-corrected chi connectivity index (χ4v) is 2.86. The lowest BCUT2D eigenvalue weighted by Crippen LogP contribution is -2.37. The summed E-state index contributed by atoms with van der Waals surface area (Å²) in [5.41, 5.74) is 2.76. The highest BCUT2D eigenvalue weighted by molar-refractivity contribution is 5.88. The zero-order valence-corrected chi connectivity index (χ0v) is 13.9. The smallest absolute Gasteiger partial charge is 0.322 e. The Kier molecular flexibility index (Phi) is 4.35. The highest BCUT2D eigenvalue weighted by Gasteiger charge is 2.31. The van der Waals surface area contributed by atoms with E-state index in [1.807, 2.05) is 56.3 Å². The molecule has 7 heteroatoms. The predicted octanol–water partition coefficient (Wildman–Crippen LogP) is 1.63. The summed E-state index contributed by atoms with van der Waals surface area (Å²) in [6, 6.07) is 8.67. The molecule has 0 aliphatic heterocycles. The Balaban J connectivity index is 1.73. The topological polar surface area (TPSA) is 90.4 Å². The SMILES string of the molecule is Cc1cc(N(C)C)nc(NC(=O)NC2c3ccccc3CC2O)n1. The highest BCUT2D eigenvalue weighted by atomic mass is 16.3. The molecule has 3 rings (SSSR count). The fourth-order valence-electron chi connectivity index (χ4n) is 2.86. The van der Waals surface area contributed by atoms with E-state index in [0.29, 0.717) is 12.2 Å². The minimum absolute atomic E-state index is 0.233. The van der Waals surface area contributed by atoms with Crippen molar-refractivity contribution in [2.75, 3.05) is 24.3 Å². The third kappa shape index (κ3) is 3.30. The summed E-state index contributed by atoms with van der Waals surface area (Å²) >= 11 is 0. The normalized spacial score (nSPS) is 18.8. The van der Waals surface area contributed by atoms with Crippen LogP contribution < -0.4 is 15.5 Å². The Bertz CT molecular complexity index is 762. The number of rotatable bonds is 3. The first kappa shape index (κ1) is 16.2. The summed E-state index contributed by atoms with van der Waals surface area (Å²) in [7, 11) is 3.74. The number of hydrogen-bond donors (Lipinski definition) is 3. The van der Waals surface area contributed by atoms with Gasteiger partial charge < -0.3 is 15.3 Å². The Morgan fingerprint density at radius 1 is 1.29 bits per heavy atom. The molecule has 2 amide bonds. The molecule has 0 saturated heterocycles. The van der Waals surface area contributed by atoms with Crippen LogP contribution >= 0.6 is 0 Å². The van der Waals surface area contributed by atoms with Crippen LogP contribution in [0.4, 0.5) is 16.6 Å². The van der Waals surface area contributed by atoms with Crippen LogP contribution in [0.1, 0.15) is 22.9 Å². The van der Waals surface area contributed by atoms with Gasteiger partial charge in [0.25, 0.3) is 0 Å². The van der Waals surface area contributed by atoms with E-state index in [9.17, 15) is 9.90 Å². The summed E-state index contributed by atoms with van der Waals surface area (Å²) in [4.78, 5) is 22.6. The molecular formula is C17H21N5O2. The van der Waals surface area contributed by atoms with Crippen molar-refractivity contribution in [2.45, 2.75) is 25.5 Å². The zero-order chi connectivity index (χ0) is 17.3. The van der Waals surface area contributed by atoms with E-state index in [1.165, 1.54) is 0 Å². The van der Waals surface area contributed by atoms with Gasteiger partial charge in [-0.25, -0.2) is 9.78 Å². The molecule has 7 nitrogen and oxygen atoms in total. The molecule has 0 fully saturated rings. The maximum absolute atomic E-state index is 12.3. The van der Waals surface area contributed by atoms with E-state index in [2.05, 4.69) is 20.6 Å². The van der Waals surface area contributed by atoms with Crippen LogP contribution in [0.25, 0.3) is 0 Å². The summed E-state index contributed by atoms with van der Waals surface area (Å²) in [5.74, 6) is 0.945. The van der Waals surface area contributed by atoms with Crippen molar-refractivity contribution in [1.82, 2.24) is 15.3 Å². The van der Waals surface area contributed by atoms with E-state index in [4.69, 9.17) is 0 Å². The van der Waals surface area contributed by atoms with E-state index < -0.39 is 18.2 Å². The Hall–Kier alpha value is -2.67. The highest BCUT2D eigenvalue weighted by Crippen LogP contribution is 2.31. The van der Waals surface area contributed by atoms with Gasteiger partial charge in [-0.15, -0.1) is 0 Å². The zero-order valence-electron chi connectivity index (χ0n) is 13.9. The molecule has 126 valence electrons. The third-order valence-corrected chi connectivity index (χ3v) is 4.01. The number of urea groups is 1. The number of aliphatic hydroxyl groups is 1. The maximum atomic E-state index is 12.3. The number of benzene rings is 1. The number of aromatic nitrogens is 2. The van der Waals surface area contributed by atoms with Crippen LogP contribution in [-0.2, 0) is 6.42 Å². The molecule has 2 unspecified atom stereocenters. The van der Waals surface area contributed by atoms with Gasteiger partial charge in [0.15, 0.2) is 0 Å². The number of nitrogens with zero attached hydrogens (tertiary/aromatic N) is 3. The number of carbonyl (C=O) groups is 1. The molecule has 1 aromatic heterocycles. The van der Waals surface area contributed by atoms with Crippen molar-refractivity contribution in [3.05, 3.63) is 47.2 Å². The summed E-state index contributed by atoms with van der Waals surface area (Å²) in [5, 5.41) is 15.7. The molecule has 2 atom stereocenters. The standard InChI is InChI=1S/C17H21N5O2/c1-10-8-14(22(2)3)19-16(18-10)21-17(24)20-15-12-7-5-4-6-11(12)9-13(15)23/h4-8,13,15,23H,9H2,1-3H3,(H2,18,19,20,21,24). The predicted molar refractivity (Wildman–Crippen MR) is 92.1 cm³/mol. The lowest BCUT2D eigenvalue weighted by atomic mass is 10.1. The van der Waals surface area contributed by atoms with Gasteiger partial charge in [-0.1, -0.05) is 24.3 Å². The van der Waals surface area contributed by atoms with Crippen molar-refractivity contribution in [3.8, 4) is 0 Å². The second-order valence-corrected chi connectivity index (χ2v) is 6.13. The van der Waals surface area contributed by atoms with E-state index in [0.717, 1.165) is 16.8 Å². The number of aryl methyl sites for hydroxylation is 1. The minimum Gasteiger partial charge on any atom is -0.390 e. The Morgan fingerprint density at radius 3 is 2.79 bits per heavy atom. The Morgan fingerprint density at radius 2 is 2.04 bits per heavy atom. The second kappa shape index (κ2) is 6.45. The third-order valence-electron chi connectivity index (χ3n) is 4.01. The molecule has 1 aliphatic rings. The molecule has 1 aliphatic carbocycles. The van der Waals surface area contributed by atoms with Gasteiger partial charge in [-0.05, 0) is 18.1 Å². The van der Waals surface area contributed by atoms with Crippen molar-refractivity contribution in [1.29, 1.82) is 0 Å². The monoisotopic (exact) mass is 327 g/mol. The number of nitrogens with one attached hydrogen (secondary N) is 2. The molecule has 1 heterocycles. The average Bonchev–Trinajstić information content (AvgIpc) is 2.82. The molecule has 0 radical (unpaired) electrons. The van der Waals surface area contributed by atoms with Gasteiger partial charge in [-0.2, -0.15) is 4.98 Å². The molecule has 2 aromatic rings. The van der Waals surface area contributed by atoms with Crippen LogP contribution in [0, 0.1) is 6.92 Å². The molecule has 0 bridgehead atoms. The summed E-state index contributed by atoms with van der Waals surface area (Å²) < 4.78 is 0. The number of carbonyl (C=O) groups excluding carboxylic acids is 1. The first-order valence-corrected chi connectivity index (χ1v) is 7.80. The Labute approximate surface area is 140 Å². The van der Waals surface area contributed by atoms with E-state index >= 15 is 0 Å². The van der Waals surface area contributed by atoms with Crippen LogP contribution in [0.15, 0.2) is 30.3 Å². The molecule has 0 spiro atoms. The molecule has 24 heavy (non-hydrogen) atoms. The van der Waals surface area contributed by atoms with E-state index in [1.54, 1.807) is 0 Å². The van der Waals surface area contributed by atoms with Gasteiger partial charge in [0.05, 0.1) is 12.1 Å².